The van der Waals surface area contributed by atoms with Crippen molar-refractivity contribution in [1.29, 1.82) is 0 Å². The van der Waals surface area contributed by atoms with Crippen molar-refractivity contribution in [2.24, 2.45) is 0 Å². The summed E-state index contributed by atoms with van der Waals surface area (Å²) in [7, 11) is -12.1. The van der Waals surface area contributed by atoms with E-state index in [0.29, 0.717) is 0 Å². The second kappa shape index (κ2) is 6.18. The van der Waals surface area contributed by atoms with Gasteiger partial charge in [0.25, 0.3) is 20.2 Å². The Bertz CT molecular complexity index is 569. The summed E-state index contributed by atoms with van der Waals surface area (Å²) < 4.78 is 117. The molecule has 0 aliphatic rings. The summed E-state index contributed by atoms with van der Waals surface area (Å²) in [4.78, 5) is 0. The van der Waals surface area contributed by atoms with E-state index in [1.54, 1.807) is 0 Å². The van der Waals surface area contributed by atoms with Crippen LogP contribution in [0.2, 0.25) is 0 Å². The van der Waals surface area contributed by atoms with Crippen molar-refractivity contribution in [2.75, 3.05) is 22.8 Å². The van der Waals surface area contributed by atoms with E-state index >= 15 is 0 Å². The maximum atomic E-state index is 10.8. The number of hydrogen-bond acceptors (Lipinski definition) is 6. The highest BCUT2D eigenvalue weighted by atomic mass is 33.1. The number of rotatable bonds is 7. The molecular formula is C4H10O6S4. The lowest BCUT2D eigenvalue weighted by Gasteiger charge is -1.98. The fraction of sp³-hybridized carbons (Fsp3) is 1.00. The van der Waals surface area contributed by atoms with Crippen LogP contribution in [-0.2, 0) is 20.2 Å². The Kier molecular flexibility index (Phi) is 2.53. The minimum Gasteiger partial charge on any atom is -0.286 e. The molecule has 0 heterocycles. The van der Waals surface area contributed by atoms with Crippen molar-refractivity contribution in [1.82, 2.24) is 0 Å². The zero-order valence-corrected chi connectivity index (χ0v) is 9.43. The molecule has 0 aromatic rings. The van der Waals surface area contributed by atoms with Crippen LogP contribution >= 0.6 is 21.6 Å². The fourth-order valence-electron chi connectivity index (χ4n) is 0.181. The Labute approximate surface area is 102 Å². The van der Waals surface area contributed by atoms with Crippen molar-refractivity contribution < 1.29 is 36.9 Å². The van der Waals surface area contributed by atoms with E-state index in [1.165, 1.54) is 0 Å². The summed E-state index contributed by atoms with van der Waals surface area (Å²) in [6.45, 7) is 0. The summed E-state index contributed by atoms with van der Waals surface area (Å²) in [6.07, 6.45) is 0. The first kappa shape index (κ1) is 5.73. The molecule has 86 valence electrons. The molecule has 0 unspecified atom stereocenters. The van der Waals surface area contributed by atoms with Crippen molar-refractivity contribution in [3.8, 4) is 0 Å². The van der Waals surface area contributed by atoms with E-state index in [0.717, 1.165) is 0 Å². The molecule has 14 heavy (non-hydrogen) atoms. The first-order valence-electron chi connectivity index (χ1n) is 6.51. The second-order valence-electron chi connectivity index (χ2n) is 1.53. The van der Waals surface area contributed by atoms with Crippen molar-refractivity contribution in [2.45, 2.75) is 0 Å². The maximum absolute atomic E-state index is 10.8. The van der Waals surface area contributed by atoms with Gasteiger partial charge in [0.2, 0.25) is 0 Å². The molecule has 0 amide bonds. The highest BCUT2D eigenvalue weighted by Crippen LogP contribution is 2.20. The fourth-order valence-corrected chi connectivity index (χ4v) is 2.24. The topological polar surface area (TPSA) is 109 Å². The van der Waals surface area contributed by atoms with Gasteiger partial charge in [-0.15, -0.1) is 0 Å². The smallest absolute Gasteiger partial charge is 0.265 e. The van der Waals surface area contributed by atoms with Crippen LogP contribution in [-0.4, -0.2) is 48.8 Å². The Balaban J connectivity index is 5.48. The van der Waals surface area contributed by atoms with Gasteiger partial charge in [-0.2, -0.15) is 16.8 Å². The van der Waals surface area contributed by atoms with Gasteiger partial charge in [0.15, 0.2) is 0 Å². The molecule has 0 aromatic carbocycles. The van der Waals surface area contributed by atoms with Crippen LogP contribution in [0.15, 0.2) is 0 Å². The van der Waals surface area contributed by atoms with Gasteiger partial charge in [0, 0.05) is 22.4 Å². The van der Waals surface area contributed by atoms with Crippen LogP contribution in [0.25, 0.3) is 0 Å². The van der Waals surface area contributed by atoms with Crippen LogP contribution in [0.3, 0.4) is 0 Å². The van der Waals surface area contributed by atoms with Crippen LogP contribution < -0.4 is 0 Å². The largest absolute Gasteiger partial charge is 0.286 e. The lowest BCUT2D eigenvalue weighted by Crippen LogP contribution is -2.07. The quantitative estimate of drug-likeness (QED) is 0.503. The second-order valence-corrected chi connectivity index (χ2v) is 5.58. The highest BCUT2D eigenvalue weighted by Gasteiger charge is 2.06. The summed E-state index contributed by atoms with van der Waals surface area (Å²) in [5.74, 6) is 0. The molecule has 10 heteroatoms. The Morgan fingerprint density at radius 2 is 1.21 bits per heavy atom. The van der Waals surface area contributed by atoms with Gasteiger partial charge >= 0.3 is 0 Å². The Morgan fingerprint density at radius 1 is 0.929 bits per heavy atom. The van der Waals surface area contributed by atoms with Gasteiger partial charge in [-0.1, -0.05) is 21.6 Å². The average molecular weight is 290 g/mol. The molecule has 6 nitrogen and oxygen atoms in total. The lowest BCUT2D eigenvalue weighted by atomic mass is 11.0. The zero-order chi connectivity index (χ0) is 18.4. The maximum Gasteiger partial charge on any atom is 0.265 e. The van der Waals surface area contributed by atoms with Gasteiger partial charge in [-0.25, -0.2) is 0 Å². The molecule has 0 atom stereocenters. The van der Waals surface area contributed by atoms with Crippen LogP contribution in [0, 0.1) is 0 Å². The Hall–Kier alpha value is 0.520. The van der Waals surface area contributed by atoms with E-state index in [2.05, 4.69) is 0 Å². The van der Waals surface area contributed by atoms with Crippen LogP contribution in [0.4, 0.5) is 0 Å². The average Bonchev–Trinajstić information content (AvgIpc) is 2.23. The van der Waals surface area contributed by atoms with E-state index in [-0.39, 0.29) is 0 Å². The lowest BCUT2D eigenvalue weighted by molar-refractivity contribution is 0.483. The van der Waals surface area contributed by atoms with Crippen LogP contribution in [0.5, 0.6) is 0 Å². The van der Waals surface area contributed by atoms with Gasteiger partial charge in [-0.3, -0.25) is 9.11 Å². The molecule has 2 N–H and O–H groups in total. The third-order valence-electron chi connectivity index (χ3n) is 0.466. The first-order valence-corrected chi connectivity index (χ1v) is 7.54. The molecule has 0 aliphatic carbocycles. The molecule has 0 aromatic heterocycles. The van der Waals surface area contributed by atoms with E-state index in [4.69, 9.17) is 20.1 Å². The van der Waals surface area contributed by atoms with E-state index in [9.17, 15) is 16.8 Å². The minimum absolute atomic E-state index is 0.492. The molecule has 0 fully saturated rings. The molecule has 0 saturated carbocycles. The molecule has 0 saturated heterocycles. The Morgan fingerprint density at radius 3 is 1.43 bits per heavy atom. The van der Waals surface area contributed by atoms with E-state index < -0.39 is 64.6 Å². The predicted molar refractivity (Wildman–Crippen MR) is 57.7 cm³/mol. The summed E-state index contributed by atoms with van der Waals surface area (Å²) in [6, 6.07) is 0. The summed E-state index contributed by atoms with van der Waals surface area (Å²) in [5, 5.41) is 0. The van der Waals surface area contributed by atoms with Crippen LogP contribution in [0.1, 0.15) is 11.0 Å². The third-order valence-corrected chi connectivity index (χ3v) is 2.65. The zero-order valence-electron chi connectivity index (χ0n) is 14.2. The third kappa shape index (κ3) is 12.5. The molecule has 0 bridgehead atoms. The molecule has 0 radical (unpaired) electrons. The van der Waals surface area contributed by atoms with Gasteiger partial charge in [0.05, 0.1) is 11.4 Å². The van der Waals surface area contributed by atoms with Crippen molar-refractivity contribution in [3.05, 3.63) is 0 Å². The molecule has 0 rings (SSSR count). The minimum atomic E-state index is -5.55. The summed E-state index contributed by atoms with van der Waals surface area (Å²) in [5.41, 5.74) is -14.7. The highest BCUT2D eigenvalue weighted by molar-refractivity contribution is 8.76. The first-order chi connectivity index (χ1) is 9.21. The summed E-state index contributed by atoms with van der Waals surface area (Å²) >= 11 is 0. The predicted octanol–water partition coefficient (Wildman–Crippen LogP) is 0.143. The molecular weight excluding hydrogens is 272 g/mol. The van der Waals surface area contributed by atoms with Gasteiger partial charge in [0.1, 0.15) is 0 Å². The SMILES string of the molecule is [2H]C([2H])(SSC([2H])([2H])C([2H])([2H])S(=O)(=O)O)C([2H])([2H])S(=O)(=O)O. The monoisotopic (exact) mass is 290 g/mol. The standard InChI is InChI=1S/C4H10O6S4/c5-13(6,7)3-1-11-12-2-4-14(8,9)10/h1-4H2,(H,5,6,7)(H,8,9,10)/i1D2,2D2,3D2,4D2. The van der Waals surface area contributed by atoms with Crippen molar-refractivity contribution in [3.63, 3.8) is 0 Å². The molecule has 0 spiro atoms. The molecule has 0 aliphatic heterocycles. The van der Waals surface area contributed by atoms with Gasteiger partial charge < -0.3 is 0 Å². The normalized spacial score (nSPS) is 25.6. The number of hydrogen-bond donors (Lipinski definition) is 2. The van der Waals surface area contributed by atoms with Crippen molar-refractivity contribution >= 4 is 41.8 Å². The van der Waals surface area contributed by atoms with E-state index in [1.807, 2.05) is 0 Å². The van der Waals surface area contributed by atoms with Gasteiger partial charge in [-0.05, 0) is 0 Å².